The molecule has 3 heterocycles. The molecule has 33 heavy (non-hydrogen) atoms. The standard InChI is InChI=1S/C24H22N4O3S2/c1-16-7-9-20(33-16)23(31)27-26-22(30)19-15-32-24(25-19)18-11-13-28(14-12-18)21(29)10-8-17-5-3-2-4-6-17/h2-7,9,15,18H,11-14H2,1H3,(H,26,30)(H,27,31). The molecule has 7 nitrogen and oxygen atoms in total. The number of hydrogen-bond acceptors (Lipinski definition) is 6. The molecular formula is C24H22N4O3S2. The molecule has 3 amide bonds. The second-order valence-corrected chi connectivity index (χ2v) is 9.75. The van der Waals surface area contributed by atoms with E-state index in [0.717, 1.165) is 28.3 Å². The van der Waals surface area contributed by atoms with E-state index in [9.17, 15) is 14.4 Å². The molecule has 4 rings (SSSR count). The fourth-order valence-corrected chi connectivity index (χ4v) is 5.16. The molecule has 1 aliphatic rings. The molecular weight excluding hydrogens is 456 g/mol. The number of aryl methyl sites for hydroxylation is 1. The van der Waals surface area contributed by atoms with Crippen molar-refractivity contribution in [3.05, 3.63) is 73.9 Å². The van der Waals surface area contributed by atoms with Crippen LogP contribution in [0.4, 0.5) is 0 Å². The monoisotopic (exact) mass is 478 g/mol. The normalized spacial score (nSPS) is 13.7. The molecule has 0 radical (unpaired) electrons. The van der Waals surface area contributed by atoms with Gasteiger partial charge in [-0.25, -0.2) is 4.98 Å². The van der Waals surface area contributed by atoms with Crippen molar-refractivity contribution >= 4 is 40.4 Å². The van der Waals surface area contributed by atoms with Crippen LogP contribution in [0.15, 0.2) is 47.8 Å². The Labute approximate surface area is 199 Å². The number of rotatable bonds is 3. The lowest BCUT2D eigenvalue weighted by Gasteiger charge is -2.29. The van der Waals surface area contributed by atoms with Gasteiger partial charge in [0.1, 0.15) is 5.69 Å². The SMILES string of the molecule is Cc1ccc(C(=O)NNC(=O)c2csc(C3CCN(C(=O)C#Cc4ccccc4)CC3)n2)s1. The van der Waals surface area contributed by atoms with E-state index >= 15 is 0 Å². The van der Waals surface area contributed by atoms with Crippen LogP contribution in [0.2, 0.25) is 0 Å². The number of hydrazine groups is 1. The van der Waals surface area contributed by atoms with Crippen LogP contribution >= 0.6 is 22.7 Å². The Balaban J connectivity index is 1.27. The minimum atomic E-state index is -0.456. The zero-order valence-electron chi connectivity index (χ0n) is 18.0. The maximum Gasteiger partial charge on any atom is 0.298 e. The summed E-state index contributed by atoms with van der Waals surface area (Å²) < 4.78 is 0. The maximum atomic E-state index is 12.4. The summed E-state index contributed by atoms with van der Waals surface area (Å²) in [5, 5.41) is 2.55. The third-order valence-electron chi connectivity index (χ3n) is 5.23. The Morgan fingerprint density at radius 1 is 1.03 bits per heavy atom. The van der Waals surface area contributed by atoms with Gasteiger partial charge in [0.2, 0.25) is 0 Å². The van der Waals surface area contributed by atoms with Crippen LogP contribution in [0.5, 0.6) is 0 Å². The van der Waals surface area contributed by atoms with Crippen molar-refractivity contribution in [1.29, 1.82) is 0 Å². The van der Waals surface area contributed by atoms with Gasteiger partial charge in [-0.1, -0.05) is 24.1 Å². The molecule has 0 atom stereocenters. The van der Waals surface area contributed by atoms with Crippen molar-refractivity contribution < 1.29 is 14.4 Å². The topological polar surface area (TPSA) is 91.4 Å². The van der Waals surface area contributed by atoms with Crippen LogP contribution < -0.4 is 10.9 Å². The molecule has 0 aliphatic carbocycles. The summed E-state index contributed by atoms with van der Waals surface area (Å²) in [5.74, 6) is 4.82. The molecule has 1 fully saturated rings. The number of amides is 3. The van der Waals surface area contributed by atoms with Gasteiger partial charge in [0, 0.05) is 40.7 Å². The lowest BCUT2D eigenvalue weighted by atomic mass is 9.97. The maximum absolute atomic E-state index is 12.4. The van der Waals surface area contributed by atoms with Gasteiger partial charge in [0.05, 0.1) is 9.88 Å². The van der Waals surface area contributed by atoms with Crippen LogP contribution in [0.25, 0.3) is 0 Å². The second-order valence-electron chi connectivity index (χ2n) is 7.57. The summed E-state index contributed by atoms with van der Waals surface area (Å²) in [6.45, 7) is 3.12. The molecule has 2 N–H and O–H groups in total. The Morgan fingerprint density at radius 2 is 1.76 bits per heavy atom. The van der Waals surface area contributed by atoms with Crippen LogP contribution in [0.3, 0.4) is 0 Å². The average Bonchev–Trinajstić information content (AvgIpc) is 3.51. The third-order valence-corrected chi connectivity index (χ3v) is 7.23. The summed E-state index contributed by atoms with van der Waals surface area (Å²) in [7, 11) is 0. The van der Waals surface area contributed by atoms with E-state index in [1.165, 1.54) is 22.7 Å². The Kier molecular flexibility index (Phi) is 7.17. The predicted molar refractivity (Wildman–Crippen MR) is 128 cm³/mol. The molecule has 9 heteroatoms. The number of hydrogen-bond donors (Lipinski definition) is 2. The molecule has 168 valence electrons. The number of nitrogens with zero attached hydrogens (tertiary/aromatic N) is 2. The first-order chi connectivity index (χ1) is 16.0. The number of carbonyl (C=O) groups is 3. The lowest BCUT2D eigenvalue weighted by molar-refractivity contribution is -0.126. The van der Waals surface area contributed by atoms with Crippen molar-refractivity contribution in [2.75, 3.05) is 13.1 Å². The third kappa shape index (κ3) is 5.86. The number of piperidine rings is 1. The summed E-state index contributed by atoms with van der Waals surface area (Å²) in [6, 6.07) is 13.0. The summed E-state index contributed by atoms with van der Waals surface area (Å²) in [5.41, 5.74) is 5.92. The first-order valence-electron chi connectivity index (χ1n) is 10.5. The molecule has 1 aromatic carbocycles. The number of benzene rings is 1. The van der Waals surface area contributed by atoms with Crippen molar-refractivity contribution in [2.45, 2.75) is 25.7 Å². The smallest absolute Gasteiger partial charge is 0.298 e. The zero-order chi connectivity index (χ0) is 23.2. The molecule has 3 aromatic rings. The van der Waals surface area contributed by atoms with Crippen molar-refractivity contribution in [1.82, 2.24) is 20.7 Å². The lowest BCUT2D eigenvalue weighted by Crippen LogP contribution is -2.41. The second kappa shape index (κ2) is 10.4. The van der Waals surface area contributed by atoms with E-state index in [1.54, 1.807) is 16.3 Å². The number of likely N-dealkylation sites (tertiary alicyclic amines) is 1. The average molecular weight is 479 g/mol. The highest BCUT2D eigenvalue weighted by Crippen LogP contribution is 2.30. The van der Waals surface area contributed by atoms with Crippen molar-refractivity contribution in [2.24, 2.45) is 0 Å². The minimum absolute atomic E-state index is 0.173. The molecule has 0 unspecified atom stereocenters. The highest BCUT2D eigenvalue weighted by atomic mass is 32.1. The van der Waals surface area contributed by atoms with Gasteiger partial charge in [0.25, 0.3) is 17.7 Å². The Hall–Kier alpha value is -3.48. The van der Waals surface area contributed by atoms with Gasteiger partial charge in [-0.2, -0.15) is 0 Å². The summed E-state index contributed by atoms with van der Waals surface area (Å²) in [6.07, 6.45) is 1.53. The molecule has 0 spiro atoms. The van der Waals surface area contributed by atoms with Gasteiger partial charge < -0.3 is 4.90 Å². The number of thiazole rings is 1. The minimum Gasteiger partial charge on any atom is -0.332 e. The van der Waals surface area contributed by atoms with Crippen LogP contribution in [-0.4, -0.2) is 40.7 Å². The van der Waals surface area contributed by atoms with E-state index in [2.05, 4.69) is 27.7 Å². The number of nitrogens with one attached hydrogen (secondary N) is 2. The molecule has 2 aromatic heterocycles. The predicted octanol–water partition coefficient (Wildman–Crippen LogP) is 3.35. The first kappa shape index (κ1) is 22.7. The zero-order valence-corrected chi connectivity index (χ0v) is 19.6. The highest BCUT2D eigenvalue weighted by molar-refractivity contribution is 7.14. The van der Waals surface area contributed by atoms with Gasteiger partial charge >= 0.3 is 0 Å². The number of thiophene rings is 1. The first-order valence-corrected chi connectivity index (χ1v) is 12.2. The van der Waals surface area contributed by atoms with Crippen LogP contribution in [0.1, 0.15) is 54.4 Å². The van der Waals surface area contributed by atoms with E-state index in [0.29, 0.717) is 18.0 Å². The molecule has 0 saturated carbocycles. The Morgan fingerprint density at radius 3 is 2.45 bits per heavy atom. The van der Waals surface area contributed by atoms with E-state index in [-0.39, 0.29) is 23.4 Å². The number of carbonyl (C=O) groups excluding carboxylic acids is 3. The quantitative estimate of drug-likeness (QED) is 0.446. The molecule has 1 saturated heterocycles. The molecule has 1 aliphatic heterocycles. The van der Waals surface area contributed by atoms with E-state index < -0.39 is 5.91 Å². The fourth-order valence-electron chi connectivity index (χ4n) is 3.43. The summed E-state index contributed by atoms with van der Waals surface area (Å²) >= 11 is 2.78. The van der Waals surface area contributed by atoms with Crippen LogP contribution in [0, 0.1) is 18.8 Å². The van der Waals surface area contributed by atoms with Gasteiger partial charge in [-0.05, 0) is 44.0 Å². The van der Waals surface area contributed by atoms with E-state index in [1.807, 2.05) is 43.3 Å². The summed E-state index contributed by atoms with van der Waals surface area (Å²) in [4.78, 5) is 44.6. The fraction of sp³-hybridized carbons (Fsp3) is 0.250. The molecule has 0 bridgehead atoms. The van der Waals surface area contributed by atoms with Crippen molar-refractivity contribution in [3.8, 4) is 11.8 Å². The van der Waals surface area contributed by atoms with Crippen LogP contribution in [-0.2, 0) is 4.79 Å². The number of aromatic nitrogens is 1. The van der Waals surface area contributed by atoms with Gasteiger partial charge in [0.15, 0.2) is 0 Å². The highest BCUT2D eigenvalue weighted by Gasteiger charge is 2.26. The van der Waals surface area contributed by atoms with Gasteiger partial charge in [-0.15, -0.1) is 22.7 Å². The Bertz CT molecular complexity index is 1220. The van der Waals surface area contributed by atoms with Gasteiger partial charge in [-0.3, -0.25) is 25.2 Å². The largest absolute Gasteiger partial charge is 0.332 e. The van der Waals surface area contributed by atoms with Crippen molar-refractivity contribution in [3.63, 3.8) is 0 Å². The van der Waals surface area contributed by atoms with E-state index in [4.69, 9.17) is 0 Å².